The molecular formula is C14H18N2O. The van der Waals surface area contributed by atoms with E-state index in [2.05, 4.69) is 16.4 Å². The van der Waals surface area contributed by atoms with Crippen molar-refractivity contribution in [1.29, 1.82) is 0 Å². The van der Waals surface area contributed by atoms with Crippen molar-refractivity contribution in [3.63, 3.8) is 0 Å². The molecule has 1 aliphatic heterocycles. The van der Waals surface area contributed by atoms with Crippen molar-refractivity contribution in [3.05, 3.63) is 36.0 Å². The smallest absolute Gasteiger partial charge is 0.0839 e. The number of benzene rings is 1. The van der Waals surface area contributed by atoms with Crippen LogP contribution in [0.5, 0.6) is 0 Å². The van der Waals surface area contributed by atoms with Gasteiger partial charge < -0.3 is 15.4 Å². The molecule has 2 heterocycles. The molecule has 3 heteroatoms. The summed E-state index contributed by atoms with van der Waals surface area (Å²) in [6, 6.07) is 8.18. The Morgan fingerprint density at radius 3 is 2.82 bits per heavy atom. The van der Waals surface area contributed by atoms with Crippen LogP contribution >= 0.6 is 0 Å². The highest BCUT2D eigenvalue weighted by Gasteiger charge is 2.24. The minimum absolute atomic E-state index is 0.348. The molecule has 0 amide bonds. The first-order valence-corrected chi connectivity index (χ1v) is 6.31. The summed E-state index contributed by atoms with van der Waals surface area (Å²) in [5.74, 6) is 0.380. The van der Waals surface area contributed by atoms with Crippen LogP contribution in [0, 0.1) is 5.92 Å². The molecule has 2 aromatic rings. The molecule has 1 unspecified atom stereocenters. The highest BCUT2D eigenvalue weighted by Crippen LogP contribution is 2.32. The number of aromatic nitrogens is 1. The minimum Gasteiger partial charge on any atom is -0.388 e. The fourth-order valence-electron chi connectivity index (χ4n) is 2.77. The van der Waals surface area contributed by atoms with Crippen molar-refractivity contribution in [2.75, 3.05) is 13.1 Å². The van der Waals surface area contributed by atoms with E-state index in [4.69, 9.17) is 0 Å². The van der Waals surface area contributed by atoms with Crippen LogP contribution in [0.3, 0.4) is 0 Å². The summed E-state index contributed by atoms with van der Waals surface area (Å²) in [5.41, 5.74) is 2.12. The summed E-state index contributed by atoms with van der Waals surface area (Å²) in [6.07, 6.45) is 3.69. The number of piperidine rings is 1. The summed E-state index contributed by atoms with van der Waals surface area (Å²) in [6.45, 7) is 2.03. The third-order valence-electron chi connectivity index (χ3n) is 3.77. The average molecular weight is 230 g/mol. The Labute approximate surface area is 101 Å². The summed E-state index contributed by atoms with van der Waals surface area (Å²) in [5, 5.41) is 15.0. The zero-order chi connectivity index (χ0) is 11.7. The van der Waals surface area contributed by atoms with Crippen LogP contribution in [0.2, 0.25) is 0 Å². The van der Waals surface area contributed by atoms with Gasteiger partial charge in [0.15, 0.2) is 0 Å². The highest BCUT2D eigenvalue weighted by molar-refractivity contribution is 5.82. The number of aromatic amines is 1. The number of fused-ring (bicyclic) bond motifs is 1. The molecule has 0 aliphatic carbocycles. The first kappa shape index (κ1) is 10.8. The number of hydrogen-bond acceptors (Lipinski definition) is 2. The van der Waals surface area contributed by atoms with Gasteiger partial charge in [0.05, 0.1) is 11.6 Å². The first-order chi connectivity index (χ1) is 8.36. The van der Waals surface area contributed by atoms with Crippen LogP contribution in [-0.4, -0.2) is 23.2 Å². The van der Waals surface area contributed by atoms with Crippen LogP contribution in [0.4, 0.5) is 0 Å². The van der Waals surface area contributed by atoms with E-state index in [1.165, 1.54) is 5.39 Å². The average Bonchev–Trinajstić information content (AvgIpc) is 2.87. The predicted molar refractivity (Wildman–Crippen MR) is 68.9 cm³/mol. The van der Waals surface area contributed by atoms with Crippen molar-refractivity contribution < 1.29 is 5.11 Å². The second kappa shape index (κ2) is 4.51. The van der Waals surface area contributed by atoms with E-state index >= 15 is 0 Å². The van der Waals surface area contributed by atoms with Gasteiger partial charge in [0.25, 0.3) is 0 Å². The van der Waals surface area contributed by atoms with Gasteiger partial charge in [-0.1, -0.05) is 18.2 Å². The molecule has 1 fully saturated rings. The van der Waals surface area contributed by atoms with Gasteiger partial charge in [-0.25, -0.2) is 0 Å². The molecule has 0 bridgehead atoms. The second-order valence-electron chi connectivity index (χ2n) is 4.82. The fourth-order valence-corrected chi connectivity index (χ4v) is 2.77. The molecule has 0 spiro atoms. The number of nitrogens with one attached hydrogen (secondary N) is 2. The normalized spacial score (nSPS) is 19.6. The van der Waals surface area contributed by atoms with E-state index in [9.17, 15) is 5.11 Å². The van der Waals surface area contributed by atoms with Gasteiger partial charge in [-0.05, 0) is 43.3 Å². The van der Waals surface area contributed by atoms with E-state index in [1.54, 1.807) is 0 Å². The van der Waals surface area contributed by atoms with Crippen LogP contribution in [-0.2, 0) is 0 Å². The molecule has 1 atom stereocenters. The van der Waals surface area contributed by atoms with Crippen molar-refractivity contribution in [2.45, 2.75) is 18.9 Å². The van der Waals surface area contributed by atoms with Crippen LogP contribution in [0.25, 0.3) is 10.9 Å². The largest absolute Gasteiger partial charge is 0.388 e. The van der Waals surface area contributed by atoms with Crippen molar-refractivity contribution in [2.24, 2.45) is 5.92 Å². The van der Waals surface area contributed by atoms with E-state index in [0.29, 0.717) is 5.92 Å². The topological polar surface area (TPSA) is 48.0 Å². The van der Waals surface area contributed by atoms with Gasteiger partial charge >= 0.3 is 0 Å². The quantitative estimate of drug-likeness (QED) is 0.740. The zero-order valence-electron chi connectivity index (χ0n) is 9.82. The first-order valence-electron chi connectivity index (χ1n) is 6.31. The van der Waals surface area contributed by atoms with E-state index in [1.807, 2.05) is 24.4 Å². The maximum atomic E-state index is 10.5. The molecule has 90 valence electrons. The Hall–Kier alpha value is -1.32. The zero-order valence-corrected chi connectivity index (χ0v) is 9.82. The maximum absolute atomic E-state index is 10.5. The Balaban J connectivity index is 1.94. The van der Waals surface area contributed by atoms with Crippen molar-refractivity contribution >= 4 is 10.9 Å². The van der Waals surface area contributed by atoms with E-state index in [-0.39, 0.29) is 6.10 Å². The lowest BCUT2D eigenvalue weighted by Crippen LogP contribution is -2.30. The lowest BCUT2D eigenvalue weighted by Gasteiger charge is -2.27. The minimum atomic E-state index is -0.348. The molecule has 3 nitrogen and oxygen atoms in total. The monoisotopic (exact) mass is 230 g/mol. The summed E-state index contributed by atoms with van der Waals surface area (Å²) >= 11 is 0. The molecule has 1 aliphatic rings. The molecular weight excluding hydrogens is 212 g/mol. The van der Waals surface area contributed by atoms with Crippen molar-refractivity contribution in [1.82, 2.24) is 10.3 Å². The second-order valence-corrected chi connectivity index (χ2v) is 4.82. The standard InChI is InChI=1S/C14H18N2O/c17-14(11-4-7-15-8-5-11)12-3-1-2-10-6-9-16-13(10)12/h1-3,6,9,11,14-17H,4-5,7-8H2. The van der Waals surface area contributed by atoms with Gasteiger partial charge in [-0.2, -0.15) is 0 Å². The number of aliphatic hydroxyl groups is 1. The summed E-state index contributed by atoms with van der Waals surface area (Å²) < 4.78 is 0. The molecule has 0 radical (unpaired) electrons. The van der Waals surface area contributed by atoms with E-state index in [0.717, 1.165) is 37.0 Å². The molecule has 1 aromatic carbocycles. The lowest BCUT2D eigenvalue weighted by molar-refractivity contribution is 0.0900. The van der Waals surface area contributed by atoms with Crippen LogP contribution in [0.15, 0.2) is 30.5 Å². The molecule has 17 heavy (non-hydrogen) atoms. The lowest BCUT2D eigenvalue weighted by atomic mass is 9.87. The Morgan fingerprint density at radius 1 is 1.18 bits per heavy atom. The summed E-state index contributed by atoms with van der Waals surface area (Å²) in [4.78, 5) is 3.23. The maximum Gasteiger partial charge on any atom is 0.0839 e. The van der Waals surface area contributed by atoms with Crippen LogP contribution < -0.4 is 5.32 Å². The van der Waals surface area contributed by atoms with Crippen molar-refractivity contribution in [3.8, 4) is 0 Å². The molecule has 1 saturated heterocycles. The van der Waals surface area contributed by atoms with Gasteiger partial charge in [0.2, 0.25) is 0 Å². The Bertz CT molecular complexity index is 500. The van der Waals surface area contributed by atoms with E-state index < -0.39 is 0 Å². The number of para-hydroxylation sites is 1. The van der Waals surface area contributed by atoms with Gasteiger partial charge in [0.1, 0.15) is 0 Å². The summed E-state index contributed by atoms with van der Waals surface area (Å²) in [7, 11) is 0. The molecule has 3 N–H and O–H groups in total. The van der Waals surface area contributed by atoms with Gasteiger partial charge in [0, 0.05) is 11.8 Å². The predicted octanol–water partition coefficient (Wildman–Crippen LogP) is 2.20. The van der Waals surface area contributed by atoms with Crippen LogP contribution in [0.1, 0.15) is 24.5 Å². The molecule has 3 rings (SSSR count). The third kappa shape index (κ3) is 1.96. The molecule has 1 aromatic heterocycles. The fraction of sp³-hybridized carbons (Fsp3) is 0.429. The third-order valence-corrected chi connectivity index (χ3v) is 3.77. The number of H-pyrrole nitrogens is 1. The SMILES string of the molecule is OC(c1cccc2cc[nH]c12)C1CCNCC1. The number of hydrogen-bond donors (Lipinski definition) is 3. The molecule has 0 saturated carbocycles. The Morgan fingerprint density at radius 2 is 2.00 bits per heavy atom. The van der Waals surface area contributed by atoms with Gasteiger partial charge in [-0.15, -0.1) is 0 Å². The highest BCUT2D eigenvalue weighted by atomic mass is 16.3. The number of aliphatic hydroxyl groups excluding tert-OH is 1. The van der Waals surface area contributed by atoms with Gasteiger partial charge in [-0.3, -0.25) is 0 Å². The number of rotatable bonds is 2. The Kier molecular flexibility index (Phi) is 2.87.